The third kappa shape index (κ3) is 5.91. The van der Waals surface area contributed by atoms with Crippen molar-refractivity contribution in [1.29, 1.82) is 0 Å². The molecule has 0 bridgehead atoms. The number of pyridine rings is 1. The zero-order valence-corrected chi connectivity index (χ0v) is 22.2. The van der Waals surface area contributed by atoms with Gasteiger partial charge in [-0.05, 0) is 65.6 Å². The van der Waals surface area contributed by atoms with Crippen LogP contribution in [0.25, 0.3) is 11.1 Å². The molecule has 1 atom stereocenters. The zero-order valence-electron chi connectivity index (χ0n) is 20.7. The summed E-state index contributed by atoms with van der Waals surface area (Å²) in [6, 6.07) is 14.2. The number of aromatic nitrogens is 1. The summed E-state index contributed by atoms with van der Waals surface area (Å²) in [7, 11) is -3.56. The number of ether oxygens (including phenoxy) is 2. The molecular weight excluding hydrogens is 526 g/mol. The van der Waals surface area contributed by atoms with E-state index in [-0.39, 0.29) is 16.8 Å². The van der Waals surface area contributed by atoms with E-state index in [0.29, 0.717) is 62.2 Å². The molecule has 3 heterocycles. The number of morpholine rings is 1. The van der Waals surface area contributed by atoms with Crippen LogP contribution in [0.5, 0.6) is 5.75 Å². The molecule has 0 spiro atoms. The minimum Gasteiger partial charge on any atom is -0.484 e. The molecule has 3 aromatic rings. The molecule has 0 amide bonds. The molecule has 2 aromatic carbocycles. The number of sulfonamides is 1. The Morgan fingerprint density at radius 3 is 2.58 bits per heavy atom. The molecule has 0 saturated carbocycles. The van der Waals surface area contributed by atoms with Gasteiger partial charge in [-0.25, -0.2) is 13.4 Å². The van der Waals surface area contributed by atoms with Crippen molar-refractivity contribution < 1.29 is 22.7 Å². The van der Waals surface area contributed by atoms with Crippen molar-refractivity contribution in [3.8, 4) is 16.9 Å². The standard InChI is InChI=1S/C28H28ClN3O5S/c29-26-17-21(20-3-8-25(9-4-20)38(34,35)32-11-13-36-14-12-32)15-22-16-24(37-28(22)26)7-6-23(33)5-1-19-2-10-27(30)31-18-19/h2-4,6-10,15,17-18,24H,1,5,11-14,16H2,(H2,30,31)/b7-6+. The van der Waals surface area contributed by atoms with Crippen LogP contribution < -0.4 is 10.5 Å². The van der Waals surface area contributed by atoms with E-state index in [9.17, 15) is 13.2 Å². The van der Waals surface area contributed by atoms with Gasteiger partial charge in [0.2, 0.25) is 10.0 Å². The van der Waals surface area contributed by atoms with Crippen LogP contribution in [-0.2, 0) is 32.4 Å². The van der Waals surface area contributed by atoms with Crippen LogP contribution in [-0.4, -0.2) is 55.9 Å². The molecule has 2 N–H and O–H groups in total. The molecule has 1 unspecified atom stereocenters. The van der Waals surface area contributed by atoms with Crippen molar-refractivity contribution in [2.24, 2.45) is 0 Å². The Kier molecular flexibility index (Phi) is 7.80. The third-order valence-corrected chi connectivity index (χ3v) is 8.80. The lowest BCUT2D eigenvalue weighted by molar-refractivity contribution is -0.114. The fourth-order valence-corrected chi connectivity index (χ4v) is 6.21. The number of benzene rings is 2. The Morgan fingerprint density at radius 1 is 1.11 bits per heavy atom. The maximum absolute atomic E-state index is 12.9. The SMILES string of the molecule is Nc1ccc(CCC(=O)/C=C/C2Cc3cc(-c4ccc(S(=O)(=O)N5CCOCC5)cc4)cc(Cl)c3O2)cn1. The molecule has 1 saturated heterocycles. The lowest BCUT2D eigenvalue weighted by Crippen LogP contribution is -2.40. The lowest BCUT2D eigenvalue weighted by atomic mass is 10.0. The van der Waals surface area contributed by atoms with Gasteiger partial charge in [0, 0.05) is 37.7 Å². The van der Waals surface area contributed by atoms with E-state index >= 15 is 0 Å². The van der Waals surface area contributed by atoms with Crippen LogP contribution in [0.4, 0.5) is 5.82 Å². The molecule has 10 heteroatoms. The number of nitrogen functional groups attached to an aromatic ring is 1. The number of allylic oxidation sites excluding steroid dienone is 1. The Hall–Kier alpha value is -3.24. The number of halogens is 1. The van der Waals surface area contributed by atoms with Crippen molar-refractivity contribution in [3.63, 3.8) is 0 Å². The highest BCUT2D eigenvalue weighted by Crippen LogP contribution is 2.40. The third-order valence-electron chi connectivity index (χ3n) is 6.61. The highest BCUT2D eigenvalue weighted by Gasteiger charge is 2.27. The number of hydrogen-bond donors (Lipinski definition) is 1. The molecule has 1 aromatic heterocycles. The van der Waals surface area contributed by atoms with E-state index in [2.05, 4.69) is 4.98 Å². The van der Waals surface area contributed by atoms with E-state index in [0.717, 1.165) is 22.3 Å². The molecule has 198 valence electrons. The molecule has 0 aliphatic carbocycles. The van der Waals surface area contributed by atoms with Gasteiger partial charge in [-0.3, -0.25) is 4.79 Å². The number of fused-ring (bicyclic) bond motifs is 1. The van der Waals surface area contributed by atoms with Gasteiger partial charge in [0.1, 0.15) is 17.7 Å². The second kappa shape index (κ2) is 11.2. The molecule has 38 heavy (non-hydrogen) atoms. The predicted molar refractivity (Wildman–Crippen MR) is 146 cm³/mol. The Balaban J connectivity index is 1.23. The fourth-order valence-electron chi connectivity index (χ4n) is 4.52. The summed E-state index contributed by atoms with van der Waals surface area (Å²) < 4.78 is 38.5. The maximum Gasteiger partial charge on any atom is 0.243 e. The highest BCUT2D eigenvalue weighted by atomic mass is 35.5. The van der Waals surface area contributed by atoms with Crippen molar-refractivity contribution in [3.05, 3.63) is 83.0 Å². The number of aryl methyl sites for hydroxylation is 1. The van der Waals surface area contributed by atoms with Gasteiger partial charge in [0.05, 0.1) is 23.1 Å². The first-order valence-corrected chi connectivity index (χ1v) is 14.2. The van der Waals surface area contributed by atoms with Gasteiger partial charge in [0.25, 0.3) is 0 Å². The van der Waals surface area contributed by atoms with Crippen LogP contribution in [0, 0.1) is 0 Å². The Labute approximate surface area is 227 Å². The van der Waals surface area contributed by atoms with E-state index < -0.39 is 10.0 Å². The largest absolute Gasteiger partial charge is 0.484 e. The monoisotopic (exact) mass is 553 g/mol. The van der Waals surface area contributed by atoms with Crippen LogP contribution in [0.1, 0.15) is 17.5 Å². The quantitative estimate of drug-likeness (QED) is 0.418. The first-order valence-electron chi connectivity index (χ1n) is 12.4. The summed E-state index contributed by atoms with van der Waals surface area (Å²) >= 11 is 6.54. The van der Waals surface area contributed by atoms with Crippen LogP contribution >= 0.6 is 11.6 Å². The first kappa shape index (κ1) is 26.4. The number of nitrogens with zero attached hydrogens (tertiary/aromatic N) is 2. The predicted octanol–water partition coefficient (Wildman–Crippen LogP) is 4.07. The normalized spacial score (nSPS) is 17.9. The fraction of sp³-hybridized carbons (Fsp3) is 0.286. The summed E-state index contributed by atoms with van der Waals surface area (Å²) in [6.45, 7) is 1.51. The van der Waals surface area contributed by atoms with Crippen molar-refractivity contribution in [2.45, 2.75) is 30.3 Å². The molecule has 0 radical (unpaired) electrons. The first-order chi connectivity index (χ1) is 18.3. The number of ketones is 1. The van der Waals surface area contributed by atoms with E-state index in [1.807, 2.05) is 18.2 Å². The average Bonchev–Trinajstić information content (AvgIpc) is 3.36. The summed E-state index contributed by atoms with van der Waals surface area (Å²) in [4.78, 5) is 16.6. The van der Waals surface area contributed by atoms with Crippen LogP contribution in [0.15, 0.2) is 71.8 Å². The molecule has 2 aliphatic heterocycles. The highest BCUT2D eigenvalue weighted by molar-refractivity contribution is 7.89. The van der Waals surface area contributed by atoms with Gasteiger partial charge >= 0.3 is 0 Å². The minimum atomic E-state index is -3.56. The average molecular weight is 554 g/mol. The molecular formula is C28H28ClN3O5S. The number of rotatable bonds is 8. The summed E-state index contributed by atoms with van der Waals surface area (Å²) in [5.74, 6) is 1.06. The van der Waals surface area contributed by atoms with Crippen LogP contribution in [0.2, 0.25) is 5.02 Å². The van der Waals surface area contributed by atoms with Crippen molar-refractivity contribution in [2.75, 3.05) is 32.0 Å². The Morgan fingerprint density at radius 2 is 1.87 bits per heavy atom. The molecule has 8 nitrogen and oxygen atoms in total. The summed E-state index contributed by atoms with van der Waals surface area (Å²) in [5, 5.41) is 0.473. The number of carbonyl (C=O) groups excluding carboxylic acids is 1. The van der Waals surface area contributed by atoms with Gasteiger partial charge in [-0.2, -0.15) is 4.31 Å². The second-order valence-electron chi connectivity index (χ2n) is 9.26. The zero-order chi connectivity index (χ0) is 26.7. The molecule has 5 rings (SSSR count). The number of anilines is 1. The second-order valence-corrected chi connectivity index (χ2v) is 11.6. The van der Waals surface area contributed by atoms with E-state index in [1.165, 1.54) is 4.31 Å². The van der Waals surface area contributed by atoms with Crippen molar-refractivity contribution >= 4 is 33.2 Å². The number of carbonyl (C=O) groups is 1. The van der Waals surface area contributed by atoms with Gasteiger partial charge in [-0.1, -0.05) is 29.8 Å². The van der Waals surface area contributed by atoms with Gasteiger partial charge in [-0.15, -0.1) is 0 Å². The number of hydrogen-bond acceptors (Lipinski definition) is 7. The summed E-state index contributed by atoms with van der Waals surface area (Å²) in [5.41, 5.74) is 9.20. The molecule has 2 aliphatic rings. The van der Waals surface area contributed by atoms with Gasteiger partial charge in [0.15, 0.2) is 5.78 Å². The number of nitrogens with two attached hydrogens (primary N) is 1. The van der Waals surface area contributed by atoms with Crippen molar-refractivity contribution in [1.82, 2.24) is 9.29 Å². The lowest BCUT2D eigenvalue weighted by Gasteiger charge is -2.26. The summed E-state index contributed by atoms with van der Waals surface area (Å²) in [6.07, 6.45) is 6.25. The topological polar surface area (TPSA) is 112 Å². The minimum absolute atomic E-state index is 0.000267. The Bertz CT molecular complexity index is 1450. The van der Waals surface area contributed by atoms with E-state index in [4.69, 9.17) is 26.8 Å². The maximum atomic E-state index is 12.9. The van der Waals surface area contributed by atoms with E-state index in [1.54, 1.807) is 48.7 Å². The van der Waals surface area contributed by atoms with Gasteiger partial charge < -0.3 is 15.2 Å². The molecule has 1 fully saturated rings. The van der Waals surface area contributed by atoms with Crippen LogP contribution in [0.3, 0.4) is 0 Å². The smallest absolute Gasteiger partial charge is 0.243 e.